The molecule has 2 rings (SSSR count). The molecule has 2 aromatic rings. The van der Waals surface area contributed by atoms with Crippen molar-refractivity contribution in [2.45, 2.75) is 6.92 Å². The number of aryl methyl sites for hydroxylation is 1. The van der Waals surface area contributed by atoms with E-state index >= 15 is 0 Å². The van der Waals surface area contributed by atoms with Crippen LogP contribution in [0.25, 0.3) is 0 Å². The fraction of sp³-hybridized carbons (Fsp3) is 0.0714. The Morgan fingerprint density at radius 3 is 2.47 bits per heavy atom. The molecule has 0 saturated heterocycles. The minimum Gasteiger partial charge on any atom is -0.397 e. The third-order valence-electron chi connectivity index (χ3n) is 2.68. The molecule has 5 heteroatoms. The molecule has 2 aromatic carbocycles. The van der Waals surface area contributed by atoms with E-state index in [0.717, 1.165) is 10.0 Å². The number of benzene rings is 2. The topological polar surface area (TPSA) is 55.1 Å². The molecule has 0 aromatic heterocycles. The van der Waals surface area contributed by atoms with Gasteiger partial charge >= 0.3 is 0 Å². The quantitative estimate of drug-likeness (QED) is 0.828. The van der Waals surface area contributed by atoms with Gasteiger partial charge in [-0.3, -0.25) is 4.79 Å². The van der Waals surface area contributed by atoms with Crippen molar-refractivity contribution in [3.05, 3.63) is 57.8 Å². The normalized spacial score (nSPS) is 10.3. The second kappa shape index (κ2) is 5.40. The maximum absolute atomic E-state index is 12.8. The molecule has 0 saturated carbocycles. The lowest BCUT2D eigenvalue weighted by atomic mass is 10.1. The zero-order valence-corrected chi connectivity index (χ0v) is 11.8. The molecule has 98 valence electrons. The highest BCUT2D eigenvalue weighted by molar-refractivity contribution is 9.10. The molecule has 0 spiro atoms. The number of rotatable bonds is 2. The maximum atomic E-state index is 12.8. The molecular formula is C14H12BrFN2O. The third kappa shape index (κ3) is 3.12. The van der Waals surface area contributed by atoms with E-state index in [9.17, 15) is 9.18 Å². The molecule has 0 radical (unpaired) electrons. The fourth-order valence-corrected chi connectivity index (χ4v) is 2.32. The van der Waals surface area contributed by atoms with E-state index in [1.807, 2.05) is 13.0 Å². The van der Waals surface area contributed by atoms with Crippen LogP contribution < -0.4 is 11.1 Å². The molecule has 0 atom stereocenters. The molecular weight excluding hydrogens is 311 g/mol. The first-order valence-electron chi connectivity index (χ1n) is 5.60. The Morgan fingerprint density at radius 1 is 1.26 bits per heavy atom. The molecule has 0 aliphatic rings. The Morgan fingerprint density at radius 2 is 1.89 bits per heavy atom. The zero-order valence-electron chi connectivity index (χ0n) is 10.2. The van der Waals surface area contributed by atoms with Crippen LogP contribution in [0.15, 0.2) is 40.9 Å². The predicted molar refractivity (Wildman–Crippen MR) is 77.6 cm³/mol. The van der Waals surface area contributed by atoms with E-state index in [-0.39, 0.29) is 11.7 Å². The van der Waals surface area contributed by atoms with Crippen LogP contribution in [-0.4, -0.2) is 5.91 Å². The standard InChI is InChI=1S/C14H12BrFN2O/c1-8-6-10(15)7-12(17)13(8)18-14(19)9-2-4-11(16)5-3-9/h2-7H,17H2,1H3,(H,18,19). The lowest BCUT2D eigenvalue weighted by Crippen LogP contribution is -2.14. The van der Waals surface area contributed by atoms with Crippen LogP contribution >= 0.6 is 15.9 Å². The summed E-state index contributed by atoms with van der Waals surface area (Å²) in [4.78, 5) is 12.0. The number of nitrogen functional groups attached to an aromatic ring is 1. The minimum atomic E-state index is -0.379. The van der Waals surface area contributed by atoms with Gasteiger partial charge in [0.05, 0.1) is 11.4 Å². The van der Waals surface area contributed by atoms with Crippen molar-refractivity contribution in [3.63, 3.8) is 0 Å². The lowest BCUT2D eigenvalue weighted by Gasteiger charge is -2.12. The van der Waals surface area contributed by atoms with Crippen LogP contribution in [0.1, 0.15) is 15.9 Å². The molecule has 0 aliphatic carbocycles. The summed E-state index contributed by atoms with van der Waals surface area (Å²) < 4.78 is 13.6. The van der Waals surface area contributed by atoms with Gasteiger partial charge in [-0.15, -0.1) is 0 Å². The van der Waals surface area contributed by atoms with Gasteiger partial charge in [-0.2, -0.15) is 0 Å². The van der Waals surface area contributed by atoms with Gasteiger partial charge < -0.3 is 11.1 Å². The molecule has 0 heterocycles. The van der Waals surface area contributed by atoms with Gasteiger partial charge in [-0.1, -0.05) is 15.9 Å². The second-order valence-electron chi connectivity index (χ2n) is 4.15. The van der Waals surface area contributed by atoms with Crippen LogP contribution in [0, 0.1) is 12.7 Å². The first-order valence-corrected chi connectivity index (χ1v) is 6.39. The Hall–Kier alpha value is -1.88. The van der Waals surface area contributed by atoms with Crippen molar-refractivity contribution in [2.75, 3.05) is 11.1 Å². The van der Waals surface area contributed by atoms with Crippen LogP contribution in [-0.2, 0) is 0 Å². The number of halogens is 2. The highest BCUT2D eigenvalue weighted by Crippen LogP contribution is 2.28. The average Bonchev–Trinajstić information content (AvgIpc) is 2.34. The number of carbonyl (C=O) groups is 1. The second-order valence-corrected chi connectivity index (χ2v) is 5.06. The summed E-state index contributed by atoms with van der Waals surface area (Å²) in [6.45, 7) is 1.85. The maximum Gasteiger partial charge on any atom is 0.255 e. The highest BCUT2D eigenvalue weighted by atomic mass is 79.9. The van der Waals surface area contributed by atoms with Crippen LogP contribution in [0.4, 0.5) is 15.8 Å². The first-order chi connectivity index (χ1) is 8.97. The summed E-state index contributed by atoms with van der Waals surface area (Å²) in [5.41, 5.74) is 8.14. The SMILES string of the molecule is Cc1cc(Br)cc(N)c1NC(=O)c1ccc(F)cc1. The zero-order chi connectivity index (χ0) is 14.0. The number of carbonyl (C=O) groups excluding carboxylic acids is 1. The van der Waals surface area contributed by atoms with Crippen LogP contribution in [0.3, 0.4) is 0 Å². The number of hydrogen-bond acceptors (Lipinski definition) is 2. The first kappa shape index (κ1) is 13.5. The van der Waals surface area contributed by atoms with Crippen molar-refractivity contribution in [1.29, 1.82) is 0 Å². The minimum absolute atomic E-state index is 0.322. The van der Waals surface area contributed by atoms with Gasteiger partial charge in [0, 0.05) is 10.0 Å². The third-order valence-corrected chi connectivity index (χ3v) is 3.13. The molecule has 0 fully saturated rings. The Labute approximate surface area is 118 Å². The number of anilines is 2. The smallest absolute Gasteiger partial charge is 0.255 e. The number of hydrogen-bond donors (Lipinski definition) is 2. The molecule has 0 unspecified atom stereocenters. The van der Waals surface area contributed by atoms with Crippen molar-refractivity contribution in [1.82, 2.24) is 0 Å². The van der Waals surface area contributed by atoms with Crippen LogP contribution in [0.2, 0.25) is 0 Å². The van der Waals surface area contributed by atoms with Gasteiger partial charge in [0.15, 0.2) is 0 Å². The fourth-order valence-electron chi connectivity index (χ4n) is 1.73. The van der Waals surface area contributed by atoms with E-state index in [1.54, 1.807) is 6.07 Å². The van der Waals surface area contributed by atoms with E-state index < -0.39 is 0 Å². The van der Waals surface area contributed by atoms with Gasteiger partial charge in [0.25, 0.3) is 5.91 Å². The predicted octanol–water partition coefficient (Wildman–Crippen LogP) is 3.73. The number of nitrogens with one attached hydrogen (secondary N) is 1. The monoisotopic (exact) mass is 322 g/mol. The van der Waals surface area contributed by atoms with Crippen molar-refractivity contribution < 1.29 is 9.18 Å². The highest BCUT2D eigenvalue weighted by Gasteiger charge is 2.11. The van der Waals surface area contributed by atoms with Gasteiger partial charge in [-0.05, 0) is 48.9 Å². The summed E-state index contributed by atoms with van der Waals surface area (Å²) >= 11 is 3.33. The van der Waals surface area contributed by atoms with Gasteiger partial charge in [-0.25, -0.2) is 4.39 Å². The van der Waals surface area contributed by atoms with Crippen molar-refractivity contribution in [3.8, 4) is 0 Å². The molecule has 19 heavy (non-hydrogen) atoms. The van der Waals surface area contributed by atoms with E-state index in [4.69, 9.17) is 5.73 Å². The average molecular weight is 323 g/mol. The molecule has 3 N–H and O–H groups in total. The largest absolute Gasteiger partial charge is 0.397 e. The Kier molecular flexibility index (Phi) is 3.85. The van der Waals surface area contributed by atoms with E-state index in [2.05, 4.69) is 21.2 Å². The molecule has 1 amide bonds. The molecule has 0 bridgehead atoms. The summed E-state index contributed by atoms with van der Waals surface area (Å²) in [5, 5.41) is 2.73. The Balaban J connectivity index is 2.26. The summed E-state index contributed by atoms with van der Waals surface area (Å²) in [6, 6.07) is 8.91. The van der Waals surface area contributed by atoms with E-state index in [1.165, 1.54) is 24.3 Å². The number of nitrogens with two attached hydrogens (primary N) is 1. The molecule has 3 nitrogen and oxygen atoms in total. The summed E-state index contributed by atoms with van der Waals surface area (Å²) in [7, 11) is 0. The Bertz CT molecular complexity index is 603. The van der Waals surface area contributed by atoms with Crippen molar-refractivity contribution in [2.24, 2.45) is 0 Å². The van der Waals surface area contributed by atoms with E-state index in [0.29, 0.717) is 16.9 Å². The summed E-state index contributed by atoms with van der Waals surface area (Å²) in [5.74, 6) is -0.701. The number of amides is 1. The molecule has 0 aliphatic heterocycles. The lowest BCUT2D eigenvalue weighted by molar-refractivity contribution is 0.102. The van der Waals surface area contributed by atoms with Gasteiger partial charge in [0.1, 0.15) is 5.82 Å². The summed E-state index contributed by atoms with van der Waals surface area (Å²) in [6.07, 6.45) is 0. The van der Waals surface area contributed by atoms with Gasteiger partial charge in [0.2, 0.25) is 0 Å². The van der Waals surface area contributed by atoms with Crippen LogP contribution in [0.5, 0.6) is 0 Å². The van der Waals surface area contributed by atoms with Crippen molar-refractivity contribution >= 4 is 33.2 Å².